The summed E-state index contributed by atoms with van der Waals surface area (Å²) in [6.45, 7) is 5.31. The van der Waals surface area contributed by atoms with Crippen LogP contribution >= 0.6 is 0 Å². The Balaban J connectivity index is 2.00. The first kappa shape index (κ1) is 19.8. The van der Waals surface area contributed by atoms with Gasteiger partial charge in [0.25, 0.3) is 5.91 Å². The van der Waals surface area contributed by atoms with Crippen LogP contribution in [0.25, 0.3) is 0 Å². The summed E-state index contributed by atoms with van der Waals surface area (Å²) in [4.78, 5) is 23.8. The first-order chi connectivity index (χ1) is 12.4. The van der Waals surface area contributed by atoms with Gasteiger partial charge in [-0.2, -0.15) is 0 Å². The third-order valence-electron chi connectivity index (χ3n) is 4.90. The van der Waals surface area contributed by atoms with Crippen molar-refractivity contribution in [2.45, 2.75) is 44.6 Å². The second kappa shape index (κ2) is 8.74. The minimum absolute atomic E-state index is 0.195. The molecule has 1 amide bonds. The summed E-state index contributed by atoms with van der Waals surface area (Å²) in [6, 6.07) is 5.49. The molecule has 1 aromatic rings. The zero-order valence-corrected chi connectivity index (χ0v) is 15.4. The molecule has 0 spiro atoms. The van der Waals surface area contributed by atoms with Gasteiger partial charge < -0.3 is 19.9 Å². The van der Waals surface area contributed by atoms with Gasteiger partial charge in [-0.05, 0) is 43.9 Å². The van der Waals surface area contributed by atoms with E-state index in [1.807, 2.05) is 12.1 Å². The van der Waals surface area contributed by atoms with Gasteiger partial charge in [0, 0.05) is 0 Å². The Morgan fingerprint density at radius 2 is 2.15 bits per heavy atom. The number of hydrogen-bond acceptors (Lipinski definition) is 4. The van der Waals surface area contributed by atoms with Crippen molar-refractivity contribution in [3.63, 3.8) is 0 Å². The van der Waals surface area contributed by atoms with E-state index in [2.05, 4.69) is 11.9 Å². The molecule has 2 unspecified atom stereocenters. The molecule has 1 aliphatic carbocycles. The fourth-order valence-electron chi connectivity index (χ4n) is 3.50. The molecule has 6 nitrogen and oxygen atoms in total. The zero-order valence-electron chi connectivity index (χ0n) is 15.4. The largest absolute Gasteiger partial charge is 0.493 e. The van der Waals surface area contributed by atoms with Crippen LogP contribution in [0.15, 0.2) is 30.9 Å². The van der Waals surface area contributed by atoms with Gasteiger partial charge in [0.05, 0.1) is 18.6 Å². The van der Waals surface area contributed by atoms with E-state index in [0.717, 1.165) is 18.4 Å². The summed E-state index contributed by atoms with van der Waals surface area (Å²) >= 11 is 0. The lowest BCUT2D eigenvalue weighted by atomic mass is 9.74. The first-order valence-electron chi connectivity index (χ1n) is 8.84. The van der Waals surface area contributed by atoms with Crippen molar-refractivity contribution in [3.8, 4) is 11.5 Å². The summed E-state index contributed by atoms with van der Waals surface area (Å²) in [5.41, 5.74) is 0.287. The number of nitrogens with one attached hydrogen (secondary N) is 1. The van der Waals surface area contributed by atoms with E-state index < -0.39 is 17.4 Å². The van der Waals surface area contributed by atoms with E-state index in [1.165, 1.54) is 0 Å². The Morgan fingerprint density at radius 1 is 1.38 bits per heavy atom. The van der Waals surface area contributed by atoms with Crippen molar-refractivity contribution >= 4 is 11.9 Å². The molecule has 2 atom stereocenters. The van der Waals surface area contributed by atoms with E-state index in [-0.39, 0.29) is 12.5 Å². The highest BCUT2D eigenvalue weighted by Crippen LogP contribution is 2.34. The minimum Gasteiger partial charge on any atom is -0.493 e. The van der Waals surface area contributed by atoms with Gasteiger partial charge in [-0.3, -0.25) is 9.59 Å². The summed E-state index contributed by atoms with van der Waals surface area (Å²) < 4.78 is 10.9. The van der Waals surface area contributed by atoms with Crippen LogP contribution in [0, 0.1) is 5.92 Å². The van der Waals surface area contributed by atoms with Gasteiger partial charge in [-0.1, -0.05) is 25.0 Å². The molecule has 1 aliphatic rings. The molecule has 6 heteroatoms. The van der Waals surface area contributed by atoms with Crippen molar-refractivity contribution in [1.29, 1.82) is 0 Å². The molecule has 0 aromatic heterocycles. The summed E-state index contributed by atoms with van der Waals surface area (Å²) in [5, 5.41) is 12.3. The number of rotatable bonds is 8. The Bertz CT molecular complexity index is 672. The third kappa shape index (κ3) is 4.77. The monoisotopic (exact) mass is 361 g/mol. The van der Waals surface area contributed by atoms with E-state index in [1.54, 1.807) is 26.2 Å². The molecule has 1 saturated carbocycles. The number of benzene rings is 1. The maximum atomic E-state index is 12.3. The molecule has 142 valence electrons. The van der Waals surface area contributed by atoms with E-state index in [0.29, 0.717) is 30.8 Å². The molecule has 0 radical (unpaired) electrons. The highest BCUT2D eigenvalue weighted by Gasteiger charge is 2.42. The van der Waals surface area contributed by atoms with Crippen molar-refractivity contribution < 1.29 is 24.2 Å². The van der Waals surface area contributed by atoms with E-state index >= 15 is 0 Å². The van der Waals surface area contributed by atoms with E-state index in [9.17, 15) is 14.7 Å². The first-order valence-corrected chi connectivity index (χ1v) is 8.84. The smallest absolute Gasteiger partial charge is 0.308 e. The van der Waals surface area contributed by atoms with Gasteiger partial charge in [0.1, 0.15) is 0 Å². The number of methoxy groups -OCH3 is 1. The van der Waals surface area contributed by atoms with Crippen LogP contribution in [0.5, 0.6) is 11.5 Å². The molecule has 26 heavy (non-hydrogen) atoms. The minimum atomic E-state index is -0.868. The standard InChI is InChI=1S/C20H27NO5/c1-4-7-14-9-10-16(17(12-14)25-3)26-13-18(22)21-20(2)11-6-5-8-15(20)19(23)24/h4,9-10,12,15H,1,5-8,11,13H2,2-3H3,(H,21,22)(H,23,24). The van der Waals surface area contributed by atoms with Crippen molar-refractivity contribution in [2.24, 2.45) is 5.92 Å². The van der Waals surface area contributed by atoms with Gasteiger partial charge in [-0.25, -0.2) is 0 Å². The Hall–Kier alpha value is -2.50. The van der Waals surface area contributed by atoms with Crippen LogP contribution in [-0.2, 0) is 16.0 Å². The van der Waals surface area contributed by atoms with Crippen molar-refractivity contribution in [1.82, 2.24) is 5.32 Å². The Kier molecular flexibility index (Phi) is 6.66. The number of aliphatic carboxylic acids is 1. The predicted molar refractivity (Wildman–Crippen MR) is 98.5 cm³/mol. The lowest BCUT2D eigenvalue weighted by molar-refractivity contribution is -0.146. The van der Waals surface area contributed by atoms with Crippen LogP contribution < -0.4 is 14.8 Å². The van der Waals surface area contributed by atoms with Gasteiger partial charge >= 0.3 is 5.97 Å². The number of carboxylic acids is 1. The van der Waals surface area contributed by atoms with Gasteiger partial charge in [-0.15, -0.1) is 6.58 Å². The Morgan fingerprint density at radius 3 is 2.81 bits per heavy atom. The molecule has 1 aromatic carbocycles. The van der Waals surface area contributed by atoms with E-state index in [4.69, 9.17) is 9.47 Å². The summed E-state index contributed by atoms with van der Waals surface area (Å²) in [7, 11) is 1.54. The van der Waals surface area contributed by atoms with Crippen LogP contribution in [0.4, 0.5) is 0 Å². The average Bonchev–Trinajstić information content (AvgIpc) is 2.60. The number of amides is 1. The molecule has 1 fully saturated rings. The zero-order chi connectivity index (χ0) is 19.2. The average molecular weight is 361 g/mol. The predicted octanol–water partition coefficient (Wildman–Crippen LogP) is 2.95. The lowest BCUT2D eigenvalue weighted by Gasteiger charge is -2.39. The number of ether oxygens (including phenoxy) is 2. The van der Waals surface area contributed by atoms with Crippen LogP contribution in [-0.4, -0.2) is 36.2 Å². The molecule has 0 aliphatic heterocycles. The number of carbonyl (C=O) groups is 2. The summed E-state index contributed by atoms with van der Waals surface area (Å²) in [5.74, 6) is -0.762. The normalized spacial score (nSPS) is 22.3. The fourth-order valence-corrected chi connectivity index (χ4v) is 3.50. The SMILES string of the molecule is C=CCc1ccc(OCC(=O)NC2(C)CCCCC2C(=O)O)c(OC)c1. The number of carboxylic acid groups (broad SMARTS) is 1. The number of hydrogen-bond donors (Lipinski definition) is 2. The number of carbonyl (C=O) groups excluding carboxylic acids is 1. The van der Waals surface area contributed by atoms with Gasteiger partial charge in [0.15, 0.2) is 18.1 Å². The molecule has 0 bridgehead atoms. The van der Waals surface area contributed by atoms with Crippen molar-refractivity contribution in [3.05, 3.63) is 36.4 Å². The second-order valence-corrected chi connectivity index (χ2v) is 6.87. The molecule has 0 saturated heterocycles. The van der Waals surface area contributed by atoms with Crippen molar-refractivity contribution in [2.75, 3.05) is 13.7 Å². The Labute approximate surface area is 154 Å². The quantitative estimate of drug-likeness (QED) is 0.696. The maximum absolute atomic E-state index is 12.3. The second-order valence-electron chi connectivity index (χ2n) is 6.87. The number of allylic oxidation sites excluding steroid dienone is 1. The maximum Gasteiger partial charge on any atom is 0.308 e. The van der Waals surface area contributed by atoms with Crippen LogP contribution in [0.2, 0.25) is 0 Å². The molecular formula is C20H27NO5. The highest BCUT2D eigenvalue weighted by atomic mass is 16.5. The highest BCUT2D eigenvalue weighted by molar-refractivity contribution is 5.80. The summed E-state index contributed by atoms with van der Waals surface area (Å²) in [6.07, 6.45) is 5.51. The fraction of sp³-hybridized carbons (Fsp3) is 0.500. The topological polar surface area (TPSA) is 84.9 Å². The molecule has 2 rings (SSSR count). The van der Waals surface area contributed by atoms with Crippen LogP contribution in [0.1, 0.15) is 38.2 Å². The molecular weight excluding hydrogens is 334 g/mol. The third-order valence-corrected chi connectivity index (χ3v) is 4.90. The van der Waals surface area contributed by atoms with Crippen LogP contribution in [0.3, 0.4) is 0 Å². The lowest BCUT2D eigenvalue weighted by Crippen LogP contribution is -2.56. The van der Waals surface area contributed by atoms with Gasteiger partial charge in [0.2, 0.25) is 0 Å². The molecule has 0 heterocycles. The molecule has 2 N–H and O–H groups in total.